The SMILES string of the molecule is Cc1ccc2c(OCC#N)ccnc2c1C. The molecule has 0 N–H and O–H groups in total. The van der Waals surface area contributed by atoms with Gasteiger partial charge in [-0.25, -0.2) is 0 Å². The van der Waals surface area contributed by atoms with Gasteiger partial charge in [-0.05, 0) is 37.1 Å². The van der Waals surface area contributed by atoms with Crippen molar-refractivity contribution in [2.75, 3.05) is 6.61 Å². The van der Waals surface area contributed by atoms with E-state index in [0.717, 1.165) is 22.2 Å². The number of pyridine rings is 1. The molecule has 0 radical (unpaired) electrons. The van der Waals surface area contributed by atoms with Gasteiger partial charge in [-0.15, -0.1) is 0 Å². The van der Waals surface area contributed by atoms with Crippen LogP contribution in [0.2, 0.25) is 0 Å². The van der Waals surface area contributed by atoms with Crippen LogP contribution < -0.4 is 4.74 Å². The van der Waals surface area contributed by atoms with Crippen molar-refractivity contribution in [3.8, 4) is 11.8 Å². The molecule has 0 spiro atoms. The fourth-order valence-electron chi connectivity index (χ4n) is 1.67. The molecule has 2 rings (SSSR count). The molecule has 0 bridgehead atoms. The summed E-state index contributed by atoms with van der Waals surface area (Å²) in [6, 6.07) is 7.77. The Balaban J connectivity index is 2.61. The molecule has 0 saturated carbocycles. The zero-order valence-electron chi connectivity index (χ0n) is 9.32. The van der Waals surface area contributed by atoms with E-state index in [1.165, 1.54) is 5.56 Å². The van der Waals surface area contributed by atoms with Crippen LogP contribution in [-0.2, 0) is 0 Å². The maximum atomic E-state index is 8.51. The lowest BCUT2D eigenvalue weighted by Gasteiger charge is -2.08. The van der Waals surface area contributed by atoms with Crippen LogP contribution in [0.3, 0.4) is 0 Å². The lowest BCUT2D eigenvalue weighted by molar-refractivity contribution is 0.372. The van der Waals surface area contributed by atoms with Crippen LogP contribution in [0, 0.1) is 25.2 Å². The first-order valence-corrected chi connectivity index (χ1v) is 5.08. The van der Waals surface area contributed by atoms with E-state index in [4.69, 9.17) is 10.00 Å². The maximum Gasteiger partial charge on any atom is 0.174 e. The first-order valence-electron chi connectivity index (χ1n) is 5.08. The van der Waals surface area contributed by atoms with E-state index < -0.39 is 0 Å². The minimum absolute atomic E-state index is 0.0615. The Kier molecular flexibility index (Phi) is 2.74. The molecule has 1 aromatic heterocycles. The van der Waals surface area contributed by atoms with Crippen molar-refractivity contribution in [1.29, 1.82) is 5.26 Å². The molecule has 2 aromatic rings. The number of nitrogens with zero attached hydrogens (tertiary/aromatic N) is 2. The Bertz CT molecular complexity index is 570. The number of nitriles is 1. The summed E-state index contributed by atoms with van der Waals surface area (Å²) in [6.45, 7) is 4.16. The molecule has 1 aromatic carbocycles. The minimum Gasteiger partial charge on any atom is -0.478 e. The summed E-state index contributed by atoms with van der Waals surface area (Å²) in [5.41, 5.74) is 3.30. The molecule has 0 aliphatic carbocycles. The molecule has 16 heavy (non-hydrogen) atoms. The van der Waals surface area contributed by atoms with Crippen LogP contribution in [0.1, 0.15) is 11.1 Å². The average molecular weight is 212 g/mol. The van der Waals surface area contributed by atoms with Gasteiger partial charge >= 0.3 is 0 Å². The molecule has 0 aliphatic heterocycles. The normalized spacial score (nSPS) is 10.1. The van der Waals surface area contributed by atoms with Crippen LogP contribution in [0.25, 0.3) is 10.9 Å². The topological polar surface area (TPSA) is 45.9 Å². The molecule has 0 aliphatic rings. The summed E-state index contributed by atoms with van der Waals surface area (Å²) >= 11 is 0. The van der Waals surface area contributed by atoms with Gasteiger partial charge in [0.15, 0.2) is 6.61 Å². The number of aryl methyl sites for hydroxylation is 2. The molecule has 3 nitrogen and oxygen atoms in total. The van der Waals surface area contributed by atoms with Crippen molar-refractivity contribution >= 4 is 10.9 Å². The molecule has 0 unspecified atom stereocenters. The third-order valence-electron chi connectivity index (χ3n) is 2.69. The van der Waals surface area contributed by atoms with Gasteiger partial charge in [-0.2, -0.15) is 5.26 Å². The Morgan fingerprint density at radius 1 is 1.31 bits per heavy atom. The third-order valence-corrected chi connectivity index (χ3v) is 2.69. The fourth-order valence-corrected chi connectivity index (χ4v) is 1.67. The van der Waals surface area contributed by atoms with E-state index in [-0.39, 0.29) is 6.61 Å². The maximum absolute atomic E-state index is 8.51. The highest BCUT2D eigenvalue weighted by Crippen LogP contribution is 2.27. The number of hydrogen-bond donors (Lipinski definition) is 0. The number of benzene rings is 1. The Hall–Kier alpha value is -2.08. The van der Waals surface area contributed by atoms with Gasteiger partial charge in [-0.1, -0.05) is 6.07 Å². The van der Waals surface area contributed by atoms with Gasteiger partial charge in [-0.3, -0.25) is 4.98 Å². The highest BCUT2D eigenvalue weighted by atomic mass is 16.5. The second kappa shape index (κ2) is 4.19. The molecule has 1 heterocycles. The lowest BCUT2D eigenvalue weighted by atomic mass is 10.1. The van der Waals surface area contributed by atoms with Crippen molar-refractivity contribution in [3.63, 3.8) is 0 Å². The van der Waals surface area contributed by atoms with Crippen molar-refractivity contribution in [2.24, 2.45) is 0 Å². The van der Waals surface area contributed by atoms with Crippen LogP contribution in [0.4, 0.5) is 0 Å². The molecular formula is C13H12N2O. The molecule has 0 saturated heterocycles. The second-order valence-corrected chi connectivity index (χ2v) is 3.66. The minimum atomic E-state index is 0.0615. The summed E-state index contributed by atoms with van der Waals surface area (Å²) in [5, 5.41) is 9.47. The van der Waals surface area contributed by atoms with E-state index in [1.807, 2.05) is 25.1 Å². The summed E-state index contributed by atoms with van der Waals surface area (Å²) in [6.07, 6.45) is 1.71. The summed E-state index contributed by atoms with van der Waals surface area (Å²) in [5.74, 6) is 0.717. The van der Waals surface area contributed by atoms with Crippen molar-refractivity contribution in [3.05, 3.63) is 35.5 Å². The van der Waals surface area contributed by atoms with Gasteiger partial charge < -0.3 is 4.74 Å². The van der Waals surface area contributed by atoms with Crippen molar-refractivity contribution in [1.82, 2.24) is 4.98 Å². The largest absolute Gasteiger partial charge is 0.478 e. The number of aromatic nitrogens is 1. The predicted molar refractivity (Wildman–Crippen MR) is 62.3 cm³/mol. The lowest BCUT2D eigenvalue weighted by Crippen LogP contribution is -1.96. The highest BCUT2D eigenvalue weighted by molar-refractivity contribution is 5.88. The Morgan fingerprint density at radius 3 is 2.88 bits per heavy atom. The quantitative estimate of drug-likeness (QED) is 0.768. The molecule has 3 heteroatoms. The first kappa shape index (κ1) is 10.4. The van der Waals surface area contributed by atoms with Gasteiger partial charge in [0.25, 0.3) is 0 Å². The number of ether oxygens (including phenoxy) is 1. The Labute approximate surface area is 94.3 Å². The van der Waals surface area contributed by atoms with Gasteiger partial charge in [0, 0.05) is 11.6 Å². The summed E-state index contributed by atoms with van der Waals surface area (Å²) in [7, 11) is 0. The molecule has 0 atom stereocenters. The fraction of sp³-hybridized carbons (Fsp3) is 0.231. The molecule has 0 amide bonds. The molecular weight excluding hydrogens is 200 g/mol. The molecule has 0 fully saturated rings. The zero-order chi connectivity index (χ0) is 11.5. The first-order chi connectivity index (χ1) is 7.74. The molecule has 80 valence electrons. The predicted octanol–water partition coefficient (Wildman–Crippen LogP) is 2.75. The van der Waals surface area contributed by atoms with E-state index >= 15 is 0 Å². The van der Waals surface area contributed by atoms with E-state index in [9.17, 15) is 0 Å². The zero-order valence-corrected chi connectivity index (χ0v) is 9.32. The van der Waals surface area contributed by atoms with Gasteiger partial charge in [0.05, 0.1) is 5.52 Å². The third kappa shape index (κ3) is 1.70. The van der Waals surface area contributed by atoms with Crippen molar-refractivity contribution in [2.45, 2.75) is 13.8 Å². The summed E-state index contributed by atoms with van der Waals surface area (Å²) < 4.78 is 5.36. The van der Waals surface area contributed by atoms with Crippen LogP contribution in [-0.4, -0.2) is 11.6 Å². The monoisotopic (exact) mass is 212 g/mol. The second-order valence-electron chi connectivity index (χ2n) is 3.66. The number of rotatable bonds is 2. The van der Waals surface area contributed by atoms with E-state index in [0.29, 0.717) is 0 Å². The standard InChI is InChI=1S/C13H12N2O/c1-9-3-4-11-12(16-8-6-14)5-7-15-13(11)10(9)2/h3-5,7H,8H2,1-2H3. The van der Waals surface area contributed by atoms with Gasteiger partial charge in [0.2, 0.25) is 0 Å². The highest BCUT2D eigenvalue weighted by Gasteiger charge is 2.06. The average Bonchev–Trinajstić information content (AvgIpc) is 2.31. The number of hydrogen-bond acceptors (Lipinski definition) is 3. The van der Waals surface area contributed by atoms with Crippen LogP contribution in [0.15, 0.2) is 24.4 Å². The number of fused-ring (bicyclic) bond motifs is 1. The Morgan fingerprint density at radius 2 is 2.12 bits per heavy atom. The summed E-state index contributed by atoms with van der Waals surface area (Å²) in [4.78, 5) is 4.35. The van der Waals surface area contributed by atoms with Crippen LogP contribution >= 0.6 is 0 Å². The van der Waals surface area contributed by atoms with E-state index in [2.05, 4.69) is 11.9 Å². The smallest absolute Gasteiger partial charge is 0.174 e. The van der Waals surface area contributed by atoms with Crippen molar-refractivity contribution < 1.29 is 4.74 Å². The van der Waals surface area contributed by atoms with Gasteiger partial charge in [0.1, 0.15) is 11.8 Å². The van der Waals surface area contributed by atoms with E-state index in [1.54, 1.807) is 12.3 Å². The van der Waals surface area contributed by atoms with Crippen LogP contribution in [0.5, 0.6) is 5.75 Å².